The SMILES string of the molecule is CCn1cccc1[C@H]1[C@@H](c2ccccn2)NC(=S)N1C[C@@H]1CCCO1. The zero-order valence-corrected chi connectivity index (χ0v) is 15.3. The summed E-state index contributed by atoms with van der Waals surface area (Å²) in [4.78, 5) is 6.89. The molecule has 0 spiro atoms. The second-order valence-corrected chi connectivity index (χ2v) is 7.02. The van der Waals surface area contributed by atoms with Crippen molar-refractivity contribution in [2.75, 3.05) is 13.2 Å². The molecule has 4 rings (SSSR count). The van der Waals surface area contributed by atoms with Gasteiger partial charge in [0.1, 0.15) is 0 Å². The molecule has 5 nitrogen and oxygen atoms in total. The molecule has 2 aromatic heterocycles. The first-order chi connectivity index (χ1) is 12.3. The van der Waals surface area contributed by atoms with Gasteiger partial charge in [-0.3, -0.25) is 4.98 Å². The van der Waals surface area contributed by atoms with Gasteiger partial charge in [0, 0.05) is 37.8 Å². The molecule has 2 aromatic rings. The summed E-state index contributed by atoms with van der Waals surface area (Å²) in [6.07, 6.45) is 6.48. The lowest BCUT2D eigenvalue weighted by Gasteiger charge is -2.30. The predicted octanol–water partition coefficient (Wildman–Crippen LogP) is 3.05. The van der Waals surface area contributed by atoms with E-state index in [1.165, 1.54) is 5.69 Å². The quantitative estimate of drug-likeness (QED) is 0.834. The highest BCUT2D eigenvalue weighted by molar-refractivity contribution is 7.80. The van der Waals surface area contributed by atoms with Crippen LogP contribution >= 0.6 is 12.2 Å². The lowest BCUT2D eigenvalue weighted by atomic mass is 10.0. The normalized spacial score (nSPS) is 26.2. The summed E-state index contributed by atoms with van der Waals surface area (Å²) in [5.74, 6) is 0. The summed E-state index contributed by atoms with van der Waals surface area (Å²) in [6, 6.07) is 10.5. The Morgan fingerprint density at radius 3 is 2.96 bits per heavy atom. The van der Waals surface area contributed by atoms with Crippen LogP contribution in [0.25, 0.3) is 0 Å². The maximum Gasteiger partial charge on any atom is 0.170 e. The lowest BCUT2D eigenvalue weighted by molar-refractivity contribution is 0.0834. The molecule has 0 amide bonds. The summed E-state index contributed by atoms with van der Waals surface area (Å²) >= 11 is 5.70. The summed E-state index contributed by atoms with van der Waals surface area (Å²) in [6.45, 7) is 4.80. The molecule has 0 bridgehead atoms. The minimum Gasteiger partial charge on any atom is -0.376 e. The molecule has 0 saturated carbocycles. The first-order valence-corrected chi connectivity index (χ1v) is 9.43. The molecule has 1 N–H and O–H groups in total. The van der Waals surface area contributed by atoms with Crippen molar-refractivity contribution in [2.24, 2.45) is 0 Å². The van der Waals surface area contributed by atoms with Crippen molar-refractivity contribution in [2.45, 2.75) is 44.5 Å². The van der Waals surface area contributed by atoms with Crippen LogP contribution in [0.4, 0.5) is 0 Å². The van der Waals surface area contributed by atoms with Crippen LogP contribution < -0.4 is 5.32 Å². The molecule has 2 fully saturated rings. The first kappa shape index (κ1) is 16.5. The molecule has 132 valence electrons. The predicted molar refractivity (Wildman–Crippen MR) is 101 cm³/mol. The zero-order valence-electron chi connectivity index (χ0n) is 14.5. The van der Waals surface area contributed by atoms with E-state index in [4.69, 9.17) is 17.0 Å². The van der Waals surface area contributed by atoms with Crippen molar-refractivity contribution < 1.29 is 4.74 Å². The van der Waals surface area contributed by atoms with Gasteiger partial charge in [-0.1, -0.05) is 6.07 Å². The van der Waals surface area contributed by atoms with Gasteiger partial charge in [0.15, 0.2) is 5.11 Å². The number of pyridine rings is 1. The van der Waals surface area contributed by atoms with Gasteiger partial charge in [-0.25, -0.2) is 0 Å². The average molecular weight is 356 g/mol. The van der Waals surface area contributed by atoms with E-state index in [0.29, 0.717) is 0 Å². The number of thiocarbonyl (C=S) groups is 1. The third-order valence-corrected chi connectivity index (χ3v) is 5.48. The van der Waals surface area contributed by atoms with Crippen LogP contribution in [-0.4, -0.2) is 38.8 Å². The highest BCUT2D eigenvalue weighted by Gasteiger charge is 2.42. The van der Waals surface area contributed by atoms with Crippen molar-refractivity contribution in [3.8, 4) is 0 Å². The molecular formula is C19H24N4OS. The third-order valence-electron chi connectivity index (χ3n) is 5.13. The Morgan fingerprint density at radius 2 is 2.24 bits per heavy atom. The Morgan fingerprint density at radius 1 is 1.32 bits per heavy atom. The van der Waals surface area contributed by atoms with Crippen molar-refractivity contribution >= 4 is 17.3 Å². The van der Waals surface area contributed by atoms with Crippen molar-refractivity contribution in [1.82, 2.24) is 19.8 Å². The summed E-state index contributed by atoms with van der Waals surface area (Å²) in [5, 5.41) is 4.30. The van der Waals surface area contributed by atoms with Gasteiger partial charge in [0.05, 0.1) is 23.9 Å². The van der Waals surface area contributed by atoms with Gasteiger partial charge in [0.2, 0.25) is 0 Å². The van der Waals surface area contributed by atoms with Crippen molar-refractivity contribution in [1.29, 1.82) is 0 Å². The lowest BCUT2D eigenvalue weighted by Crippen LogP contribution is -2.36. The number of nitrogens with one attached hydrogen (secondary N) is 1. The smallest absolute Gasteiger partial charge is 0.170 e. The Bertz CT molecular complexity index is 726. The van der Waals surface area contributed by atoms with Crippen LogP contribution in [-0.2, 0) is 11.3 Å². The zero-order chi connectivity index (χ0) is 17.2. The van der Waals surface area contributed by atoms with Crippen molar-refractivity contribution in [3.63, 3.8) is 0 Å². The first-order valence-electron chi connectivity index (χ1n) is 9.02. The van der Waals surface area contributed by atoms with Crippen LogP contribution in [0, 0.1) is 0 Å². The number of hydrogen-bond donors (Lipinski definition) is 1. The molecule has 0 aliphatic carbocycles. The monoisotopic (exact) mass is 356 g/mol. The van der Waals surface area contributed by atoms with E-state index in [1.807, 2.05) is 18.3 Å². The number of ether oxygens (including phenoxy) is 1. The molecule has 0 unspecified atom stereocenters. The fraction of sp³-hybridized carbons (Fsp3) is 0.474. The standard InChI is InChI=1S/C19H24N4OS/c1-2-22-11-5-9-16(22)18-17(15-8-3-4-10-20-15)21-19(25)23(18)13-14-7-6-12-24-14/h3-5,8-11,14,17-18H,2,6-7,12-13H2,1H3,(H,21,25)/t14-,17+,18-/m0/s1. The second kappa shape index (κ2) is 7.14. The van der Waals surface area contributed by atoms with Gasteiger partial charge in [0.25, 0.3) is 0 Å². The second-order valence-electron chi connectivity index (χ2n) is 6.63. The third kappa shape index (κ3) is 3.16. The van der Waals surface area contributed by atoms with Gasteiger partial charge in [-0.15, -0.1) is 0 Å². The number of rotatable bonds is 5. The Hall–Kier alpha value is -1.92. The van der Waals surface area contributed by atoms with Gasteiger partial charge >= 0.3 is 0 Å². The molecule has 0 radical (unpaired) electrons. The summed E-state index contributed by atoms with van der Waals surface area (Å²) in [7, 11) is 0. The molecule has 6 heteroatoms. The van der Waals surface area contributed by atoms with Crippen LogP contribution in [0.1, 0.15) is 43.2 Å². The van der Waals surface area contributed by atoms with Crippen LogP contribution in [0.3, 0.4) is 0 Å². The largest absolute Gasteiger partial charge is 0.376 e. The Kier molecular flexibility index (Phi) is 4.72. The highest BCUT2D eigenvalue weighted by Crippen LogP contribution is 2.39. The minimum atomic E-state index is 0.0512. The highest BCUT2D eigenvalue weighted by atomic mass is 32.1. The molecule has 4 heterocycles. The molecule has 0 aromatic carbocycles. The Labute approximate surface area is 154 Å². The molecule has 2 saturated heterocycles. The van der Waals surface area contributed by atoms with E-state index in [9.17, 15) is 0 Å². The summed E-state index contributed by atoms with van der Waals surface area (Å²) < 4.78 is 8.17. The van der Waals surface area contributed by atoms with Crippen LogP contribution in [0.2, 0.25) is 0 Å². The van der Waals surface area contributed by atoms with E-state index >= 15 is 0 Å². The summed E-state index contributed by atoms with van der Waals surface area (Å²) in [5.41, 5.74) is 2.29. The van der Waals surface area contributed by atoms with E-state index in [-0.39, 0.29) is 18.2 Å². The average Bonchev–Trinajstić information content (AvgIpc) is 3.37. The number of aryl methyl sites for hydroxylation is 1. The minimum absolute atomic E-state index is 0.0512. The fourth-order valence-corrected chi connectivity index (χ4v) is 4.23. The molecule has 2 aliphatic heterocycles. The molecular weight excluding hydrogens is 332 g/mol. The van der Waals surface area contributed by atoms with Crippen molar-refractivity contribution in [3.05, 3.63) is 54.1 Å². The van der Waals surface area contributed by atoms with Gasteiger partial charge < -0.3 is 19.5 Å². The molecule has 2 aliphatic rings. The van der Waals surface area contributed by atoms with Gasteiger partial charge in [-0.2, -0.15) is 0 Å². The van der Waals surface area contributed by atoms with E-state index in [2.05, 4.69) is 51.1 Å². The van der Waals surface area contributed by atoms with Crippen LogP contribution in [0.15, 0.2) is 42.7 Å². The molecule has 3 atom stereocenters. The van der Waals surface area contributed by atoms with E-state index in [0.717, 1.165) is 43.3 Å². The van der Waals surface area contributed by atoms with Crippen LogP contribution in [0.5, 0.6) is 0 Å². The number of nitrogens with zero attached hydrogens (tertiary/aromatic N) is 3. The maximum atomic E-state index is 5.87. The van der Waals surface area contributed by atoms with E-state index < -0.39 is 0 Å². The van der Waals surface area contributed by atoms with E-state index in [1.54, 1.807) is 0 Å². The fourth-order valence-electron chi connectivity index (χ4n) is 3.92. The molecule has 25 heavy (non-hydrogen) atoms. The van der Waals surface area contributed by atoms with Gasteiger partial charge in [-0.05, 0) is 56.2 Å². The Balaban J connectivity index is 1.70. The topological polar surface area (TPSA) is 42.3 Å². The maximum absolute atomic E-state index is 5.87. The number of aromatic nitrogens is 2. The number of hydrogen-bond acceptors (Lipinski definition) is 3.